The fraction of sp³-hybridized carbons (Fsp3) is 0.556. The first-order chi connectivity index (χ1) is 11.1. The lowest BCUT2D eigenvalue weighted by Crippen LogP contribution is -2.44. The van der Waals surface area contributed by atoms with Crippen LogP contribution in [0.15, 0.2) is 30.3 Å². The molecule has 5 nitrogen and oxygen atoms in total. The lowest BCUT2D eigenvalue weighted by Gasteiger charge is -2.37. The highest BCUT2D eigenvalue weighted by molar-refractivity contribution is 5.75. The average Bonchev–Trinajstić information content (AvgIpc) is 2.55. The van der Waals surface area contributed by atoms with Gasteiger partial charge >= 0.3 is 12.0 Å². The van der Waals surface area contributed by atoms with Crippen molar-refractivity contribution in [1.29, 1.82) is 0 Å². The second-order valence-corrected chi connectivity index (χ2v) is 6.48. The third-order valence-corrected chi connectivity index (χ3v) is 4.58. The summed E-state index contributed by atoms with van der Waals surface area (Å²) in [6.07, 6.45) is 6.84. The van der Waals surface area contributed by atoms with Crippen molar-refractivity contribution in [2.75, 3.05) is 13.1 Å². The van der Waals surface area contributed by atoms with Gasteiger partial charge in [-0.3, -0.25) is 4.79 Å². The van der Waals surface area contributed by atoms with Crippen molar-refractivity contribution in [2.45, 2.75) is 44.9 Å². The van der Waals surface area contributed by atoms with Crippen LogP contribution in [0.5, 0.6) is 0 Å². The summed E-state index contributed by atoms with van der Waals surface area (Å²) in [6, 6.07) is 10.1. The molecule has 0 unspecified atom stereocenters. The number of amides is 2. The third kappa shape index (κ3) is 5.93. The SMILES string of the molecule is O=C(O)CCNC(=O)NCC1(Cc2ccccc2)CCCCC1. The van der Waals surface area contributed by atoms with Gasteiger partial charge in [0.15, 0.2) is 0 Å². The minimum absolute atomic E-state index is 0.0530. The Morgan fingerprint density at radius 2 is 1.74 bits per heavy atom. The van der Waals surface area contributed by atoms with E-state index in [1.54, 1.807) is 0 Å². The van der Waals surface area contributed by atoms with Crippen molar-refractivity contribution in [3.8, 4) is 0 Å². The Bertz CT molecular complexity index is 510. The Balaban J connectivity index is 1.88. The largest absolute Gasteiger partial charge is 0.481 e. The second kappa shape index (κ2) is 8.56. The molecule has 0 aromatic heterocycles. The number of carbonyl (C=O) groups excluding carboxylic acids is 1. The zero-order valence-electron chi connectivity index (χ0n) is 13.5. The number of rotatable bonds is 7. The van der Waals surface area contributed by atoms with E-state index >= 15 is 0 Å². The predicted molar refractivity (Wildman–Crippen MR) is 89.3 cm³/mol. The van der Waals surface area contributed by atoms with E-state index in [9.17, 15) is 9.59 Å². The maximum atomic E-state index is 11.8. The molecule has 3 N–H and O–H groups in total. The van der Waals surface area contributed by atoms with Crippen molar-refractivity contribution in [3.05, 3.63) is 35.9 Å². The highest BCUT2D eigenvalue weighted by Crippen LogP contribution is 2.38. The molecule has 0 bridgehead atoms. The van der Waals surface area contributed by atoms with Gasteiger partial charge in [-0.15, -0.1) is 0 Å². The predicted octanol–water partition coefficient (Wildman–Crippen LogP) is 2.95. The number of nitrogens with one attached hydrogen (secondary N) is 2. The molecule has 2 rings (SSSR count). The van der Waals surface area contributed by atoms with Crippen molar-refractivity contribution >= 4 is 12.0 Å². The van der Waals surface area contributed by atoms with Crippen molar-refractivity contribution < 1.29 is 14.7 Å². The summed E-state index contributed by atoms with van der Waals surface area (Å²) in [5.41, 5.74) is 1.42. The molecule has 0 saturated heterocycles. The number of hydrogen-bond donors (Lipinski definition) is 3. The summed E-state index contributed by atoms with van der Waals surface area (Å²) in [7, 11) is 0. The number of hydrogen-bond acceptors (Lipinski definition) is 2. The van der Waals surface area contributed by atoms with Gasteiger partial charge in [-0.25, -0.2) is 4.79 Å². The first-order valence-corrected chi connectivity index (χ1v) is 8.37. The summed E-state index contributed by atoms with van der Waals surface area (Å²) in [5, 5.41) is 14.1. The van der Waals surface area contributed by atoms with Gasteiger partial charge in [0.25, 0.3) is 0 Å². The molecule has 1 aromatic carbocycles. The van der Waals surface area contributed by atoms with Crippen LogP contribution >= 0.6 is 0 Å². The van der Waals surface area contributed by atoms with Crippen LogP contribution in [-0.4, -0.2) is 30.2 Å². The van der Waals surface area contributed by atoms with Crippen LogP contribution < -0.4 is 10.6 Å². The fourth-order valence-corrected chi connectivity index (χ4v) is 3.36. The molecule has 126 valence electrons. The number of carbonyl (C=O) groups is 2. The van der Waals surface area contributed by atoms with Crippen LogP contribution in [0.2, 0.25) is 0 Å². The van der Waals surface area contributed by atoms with E-state index in [2.05, 4.69) is 34.9 Å². The number of benzene rings is 1. The molecule has 0 spiro atoms. The quantitative estimate of drug-likeness (QED) is 0.723. The van der Waals surface area contributed by atoms with Crippen LogP contribution in [0.3, 0.4) is 0 Å². The molecular weight excluding hydrogens is 292 g/mol. The smallest absolute Gasteiger partial charge is 0.314 e. The van der Waals surface area contributed by atoms with Gasteiger partial charge in [-0.1, -0.05) is 49.6 Å². The molecular formula is C18H26N2O3. The van der Waals surface area contributed by atoms with E-state index in [-0.39, 0.29) is 24.4 Å². The van der Waals surface area contributed by atoms with Gasteiger partial charge in [0.05, 0.1) is 6.42 Å². The first kappa shape index (κ1) is 17.3. The van der Waals surface area contributed by atoms with E-state index in [1.807, 2.05) is 6.07 Å². The van der Waals surface area contributed by atoms with Crippen molar-refractivity contribution in [2.24, 2.45) is 5.41 Å². The lowest BCUT2D eigenvalue weighted by molar-refractivity contribution is -0.136. The molecule has 2 amide bonds. The average molecular weight is 318 g/mol. The van der Waals surface area contributed by atoms with Crippen LogP contribution in [0.25, 0.3) is 0 Å². The van der Waals surface area contributed by atoms with Gasteiger partial charge in [-0.2, -0.15) is 0 Å². The normalized spacial score (nSPS) is 16.5. The van der Waals surface area contributed by atoms with Crippen molar-refractivity contribution in [1.82, 2.24) is 10.6 Å². The zero-order valence-corrected chi connectivity index (χ0v) is 13.5. The molecule has 1 aliphatic carbocycles. The molecule has 0 radical (unpaired) electrons. The first-order valence-electron chi connectivity index (χ1n) is 8.37. The molecule has 1 saturated carbocycles. The van der Waals surface area contributed by atoms with Gasteiger partial charge in [0, 0.05) is 13.1 Å². The van der Waals surface area contributed by atoms with Crippen LogP contribution in [0, 0.1) is 5.41 Å². The molecule has 0 heterocycles. The number of carboxylic acids is 1. The number of aliphatic carboxylic acids is 1. The molecule has 1 fully saturated rings. The summed E-state index contributed by atoms with van der Waals surface area (Å²) >= 11 is 0. The van der Waals surface area contributed by atoms with Gasteiger partial charge in [-0.05, 0) is 30.2 Å². The maximum Gasteiger partial charge on any atom is 0.314 e. The Morgan fingerprint density at radius 3 is 2.39 bits per heavy atom. The van der Waals surface area contributed by atoms with E-state index in [0.29, 0.717) is 6.54 Å². The molecule has 0 aliphatic heterocycles. The molecule has 0 atom stereocenters. The Labute approximate surface area is 137 Å². The Kier molecular flexibility index (Phi) is 6.44. The van der Waals surface area contributed by atoms with Gasteiger partial charge < -0.3 is 15.7 Å². The lowest BCUT2D eigenvalue weighted by atomic mass is 9.70. The molecule has 1 aliphatic rings. The van der Waals surface area contributed by atoms with E-state index in [4.69, 9.17) is 5.11 Å². The van der Waals surface area contributed by atoms with E-state index < -0.39 is 5.97 Å². The van der Waals surface area contributed by atoms with Gasteiger partial charge in [0.1, 0.15) is 0 Å². The Morgan fingerprint density at radius 1 is 1.04 bits per heavy atom. The molecule has 5 heteroatoms. The molecule has 23 heavy (non-hydrogen) atoms. The zero-order chi connectivity index (χ0) is 16.5. The standard InChI is InChI=1S/C18H26N2O3/c21-16(22)9-12-19-17(23)20-14-18(10-5-2-6-11-18)13-15-7-3-1-4-8-15/h1,3-4,7-8H,2,5-6,9-14H2,(H,21,22)(H2,19,20,23). The summed E-state index contributed by atoms with van der Waals surface area (Å²) in [6.45, 7) is 0.799. The highest BCUT2D eigenvalue weighted by atomic mass is 16.4. The van der Waals surface area contributed by atoms with Gasteiger partial charge in [0.2, 0.25) is 0 Å². The molecule has 1 aromatic rings. The van der Waals surface area contributed by atoms with Crippen LogP contribution in [-0.2, 0) is 11.2 Å². The van der Waals surface area contributed by atoms with Crippen LogP contribution in [0.4, 0.5) is 4.79 Å². The van der Waals surface area contributed by atoms with Crippen molar-refractivity contribution in [3.63, 3.8) is 0 Å². The summed E-state index contributed by atoms with van der Waals surface area (Å²) in [4.78, 5) is 22.3. The number of urea groups is 1. The minimum Gasteiger partial charge on any atom is -0.481 e. The Hall–Kier alpha value is -2.04. The maximum absolute atomic E-state index is 11.8. The van der Waals surface area contributed by atoms with E-state index in [1.165, 1.54) is 24.8 Å². The summed E-state index contributed by atoms with van der Waals surface area (Å²) in [5.74, 6) is -0.905. The number of carboxylic acid groups (broad SMARTS) is 1. The van der Waals surface area contributed by atoms with Crippen LogP contribution in [0.1, 0.15) is 44.1 Å². The highest BCUT2D eigenvalue weighted by Gasteiger charge is 2.32. The monoisotopic (exact) mass is 318 g/mol. The topological polar surface area (TPSA) is 78.4 Å². The third-order valence-electron chi connectivity index (χ3n) is 4.58. The van der Waals surface area contributed by atoms with E-state index in [0.717, 1.165) is 19.3 Å². The minimum atomic E-state index is -0.905. The second-order valence-electron chi connectivity index (χ2n) is 6.48. The summed E-state index contributed by atoms with van der Waals surface area (Å²) < 4.78 is 0. The fourth-order valence-electron chi connectivity index (χ4n) is 3.36.